The molecule has 2 aromatic rings. The zero-order chi connectivity index (χ0) is 20.4. The number of likely N-dealkylation sites (tertiary alicyclic amines) is 2. The molecule has 0 saturated carbocycles. The Morgan fingerprint density at radius 1 is 1.10 bits per heavy atom. The van der Waals surface area contributed by atoms with Gasteiger partial charge >= 0.3 is 0 Å². The van der Waals surface area contributed by atoms with E-state index in [2.05, 4.69) is 39.5 Å². The minimum atomic E-state index is -0.441. The van der Waals surface area contributed by atoms with Gasteiger partial charge in [0.15, 0.2) is 0 Å². The molecule has 2 fully saturated rings. The van der Waals surface area contributed by atoms with Gasteiger partial charge in [-0.2, -0.15) is 0 Å². The molecule has 6 heteroatoms. The van der Waals surface area contributed by atoms with Gasteiger partial charge in [0.2, 0.25) is 11.8 Å². The van der Waals surface area contributed by atoms with Gasteiger partial charge < -0.3 is 10.2 Å². The Kier molecular flexibility index (Phi) is 5.37. The summed E-state index contributed by atoms with van der Waals surface area (Å²) in [6.45, 7) is 5.96. The number of pyridine rings is 1. The Hall–Kier alpha value is -2.73. The minimum Gasteiger partial charge on any atom is -0.347 e. The molecule has 6 nitrogen and oxygen atoms in total. The lowest BCUT2D eigenvalue weighted by Crippen LogP contribution is -2.64. The smallest absolute Gasteiger partial charge is 0.219 e. The first-order valence-corrected chi connectivity index (χ1v) is 10.2. The minimum absolute atomic E-state index is 0.0435. The number of hydrogen-bond acceptors (Lipinski definition) is 4. The molecule has 0 spiro atoms. The van der Waals surface area contributed by atoms with Crippen molar-refractivity contribution in [1.82, 2.24) is 20.1 Å². The van der Waals surface area contributed by atoms with Crippen LogP contribution in [0.1, 0.15) is 37.4 Å². The zero-order valence-electron chi connectivity index (χ0n) is 17.0. The number of aromatic nitrogens is 1. The number of piperidine rings is 1. The van der Waals surface area contributed by atoms with Crippen LogP contribution in [0, 0.1) is 5.92 Å². The van der Waals surface area contributed by atoms with E-state index < -0.39 is 5.54 Å². The first-order chi connectivity index (χ1) is 14.0. The van der Waals surface area contributed by atoms with E-state index in [0.717, 1.165) is 19.5 Å². The molecule has 2 amide bonds. The topological polar surface area (TPSA) is 65.5 Å². The molecular formula is C23H28N4O2. The number of amides is 2. The molecule has 1 aromatic heterocycles. The molecule has 4 rings (SSSR count). The lowest BCUT2D eigenvalue weighted by Gasteiger charge is -2.45. The molecule has 1 aromatic carbocycles. The van der Waals surface area contributed by atoms with Gasteiger partial charge in [-0.1, -0.05) is 30.3 Å². The average Bonchev–Trinajstić information content (AvgIpc) is 3.01. The second-order valence-corrected chi connectivity index (χ2v) is 8.29. The van der Waals surface area contributed by atoms with Crippen LogP contribution >= 0.6 is 0 Å². The van der Waals surface area contributed by atoms with Gasteiger partial charge in [-0.3, -0.25) is 19.5 Å². The van der Waals surface area contributed by atoms with Crippen LogP contribution in [-0.2, 0) is 16.1 Å². The van der Waals surface area contributed by atoms with Crippen LogP contribution in [0.25, 0.3) is 0 Å². The lowest BCUT2D eigenvalue weighted by atomic mass is 9.75. The maximum atomic E-state index is 12.2. The molecule has 29 heavy (non-hydrogen) atoms. The fraction of sp³-hybridized carbons (Fsp3) is 0.435. The molecule has 0 radical (unpaired) electrons. The highest BCUT2D eigenvalue weighted by atomic mass is 16.2. The van der Waals surface area contributed by atoms with Crippen molar-refractivity contribution < 1.29 is 9.59 Å². The first kappa shape index (κ1) is 19.6. The van der Waals surface area contributed by atoms with Crippen molar-refractivity contribution in [3.05, 3.63) is 66.0 Å². The van der Waals surface area contributed by atoms with Gasteiger partial charge in [-0.05, 0) is 29.7 Å². The molecular weight excluding hydrogens is 364 g/mol. The lowest BCUT2D eigenvalue weighted by molar-refractivity contribution is -0.134. The van der Waals surface area contributed by atoms with Gasteiger partial charge in [0, 0.05) is 64.4 Å². The maximum absolute atomic E-state index is 12.2. The number of nitrogens with one attached hydrogen (secondary N) is 1. The number of fused-ring (bicyclic) bond motifs is 1. The third kappa shape index (κ3) is 3.90. The fourth-order valence-corrected chi connectivity index (χ4v) is 5.21. The van der Waals surface area contributed by atoms with Crippen LogP contribution in [0.5, 0.6) is 0 Å². The van der Waals surface area contributed by atoms with Gasteiger partial charge in [0.1, 0.15) is 0 Å². The van der Waals surface area contributed by atoms with Crippen LogP contribution in [0.15, 0.2) is 54.9 Å². The Bertz CT molecular complexity index is 873. The highest BCUT2D eigenvalue weighted by molar-refractivity contribution is 5.76. The zero-order valence-corrected chi connectivity index (χ0v) is 17.0. The molecule has 0 aliphatic carbocycles. The number of benzene rings is 1. The number of hydrogen-bond donors (Lipinski definition) is 1. The molecule has 3 atom stereocenters. The maximum Gasteiger partial charge on any atom is 0.219 e. The average molecular weight is 393 g/mol. The molecule has 152 valence electrons. The summed E-state index contributed by atoms with van der Waals surface area (Å²) in [6, 6.07) is 14.8. The molecule has 2 saturated heterocycles. The predicted molar refractivity (Wildman–Crippen MR) is 111 cm³/mol. The van der Waals surface area contributed by atoms with Crippen molar-refractivity contribution in [3.63, 3.8) is 0 Å². The van der Waals surface area contributed by atoms with Crippen LogP contribution in [-0.4, -0.2) is 51.8 Å². The monoisotopic (exact) mass is 392 g/mol. The molecule has 0 bridgehead atoms. The first-order valence-electron chi connectivity index (χ1n) is 10.2. The SMILES string of the molecule is CC(=O)N[C@@]12CN(C(C)=O)CC[C@@H]1[C@@H](c1ccccc1)N(Cc1ccncc1)C2. The summed E-state index contributed by atoms with van der Waals surface area (Å²) in [6.07, 6.45) is 4.50. The van der Waals surface area contributed by atoms with Crippen molar-refractivity contribution in [2.24, 2.45) is 5.92 Å². The Morgan fingerprint density at radius 2 is 1.83 bits per heavy atom. The van der Waals surface area contributed by atoms with Crippen molar-refractivity contribution in [3.8, 4) is 0 Å². The highest BCUT2D eigenvalue weighted by Crippen LogP contribution is 2.48. The van der Waals surface area contributed by atoms with Gasteiger partial charge in [-0.25, -0.2) is 0 Å². The van der Waals surface area contributed by atoms with E-state index in [4.69, 9.17) is 0 Å². The van der Waals surface area contributed by atoms with E-state index in [9.17, 15) is 9.59 Å². The van der Waals surface area contributed by atoms with E-state index in [1.54, 1.807) is 13.8 Å². The summed E-state index contributed by atoms with van der Waals surface area (Å²) in [7, 11) is 0. The Morgan fingerprint density at radius 3 is 2.48 bits per heavy atom. The summed E-state index contributed by atoms with van der Waals surface area (Å²) in [4.78, 5) is 32.8. The van der Waals surface area contributed by atoms with Crippen LogP contribution in [0.4, 0.5) is 0 Å². The third-order valence-electron chi connectivity index (χ3n) is 6.30. The van der Waals surface area contributed by atoms with Crippen molar-refractivity contribution in [2.75, 3.05) is 19.6 Å². The summed E-state index contributed by atoms with van der Waals surface area (Å²) < 4.78 is 0. The molecule has 0 unspecified atom stereocenters. The van der Waals surface area contributed by atoms with Gasteiger partial charge in [-0.15, -0.1) is 0 Å². The summed E-state index contributed by atoms with van der Waals surface area (Å²) in [5.74, 6) is 0.265. The quantitative estimate of drug-likeness (QED) is 0.868. The van der Waals surface area contributed by atoms with E-state index >= 15 is 0 Å². The molecule has 1 N–H and O–H groups in total. The second-order valence-electron chi connectivity index (χ2n) is 8.29. The van der Waals surface area contributed by atoms with E-state index in [1.165, 1.54) is 11.1 Å². The van der Waals surface area contributed by atoms with E-state index in [0.29, 0.717) is 13.1 Å². The van der Waals surface area contributed by atoms with Crippen molar-refractivity contribution >= 4 is 11.8 Å². The second kappa shape index (κ2) is 7.95. The van der Waals surface area contributed by atoms with Gasteiger partial charge in [0.25, 0.3) is 0 Å². The van der Waals surface area contributed by atoms with Crippen molar-refractivity contribution in [2.45, 2.75) is 38.4 Å². The summed E-state index contributed by atoms with van der Waals surface area (Å²) in [5.41, 5.74) is 2.01. The normalized spacial score (nSPS) is 26.8. The molecule has 2 aliphatic heterocycles. The van der Waals surface area contributed by atoms with Crippen LogP contribution in [0.2, 0.25) is 0 Å². The number of rotatable bonds is 4. The number of nitrogens with zero attached hydrogens (tertiary/aromatic N) is 3. The standard InChI is InChI=1S/C23H28N4O2/c1-17(28)25-23-15-26(18(2)29)13-10-21(23)22(20-6-4-3-5-7-20)27(16-23)14-19-8-11-24-12-9-19/h3-9,11-12,21-22H,10,13-16H2,1-2H3,(H,25,28)/t21-,22-,23-/m1/s1. The van der Waals surface area contributed by atoms with Gasteiger partial charge in [0.05, 0.1) is 5.54 Å². The Balaban J connectivity index is 1.74. The molecule has 3 heterocycles. The largest absolute Gasteiger partial charge is 0.347 e. The molecule has 2 aliphatic rings. The summed E-state index contributed by atoms with van der Waals surface area (Å²) >= 11 is 0. The third-order valence-corrected chi connectivity index (χ3v) is 6.30. The van der Waals surface area contributed by atoms with E-state index in [-0.39, 0.29) is 23.8 Å². The Labute approximate surface area is 171 Å². The van der Waals surface area contributed by atoms with E-state index in [1.807, 2.05) is 35.5 Å². The highest BCUT2D eigenvalue weighted by Gasteiger charge is 2.56. The van der Waals surface area contributed by atoms with Crippen molar-refractivity contribution in [1.29, 1.82) is 0 Å². The van der Waals surface area contributed by atoms with Crippen LogP contribution in [0.3, 0.4) is 0 Å². The van der Waals surface area contributed by atoms with Crippen LogP contribution < -0.4 is 5.32 Å². The summed E-state index contributed by atoms with van der Waals surface area (Å²) in [5, 5.41) is 3.27. The fourth-order valence-electron chi connectivity index (χ4n) is 5.21. The number of carbonyl (C=O) groups excluding carboxylic acids is 2. The predicted octanol–water partition coefficient (Wildman–Crippen LogP) is 2.38. The number of carbonyl (C=O) groups is 2.